The maximum Gasteiger partial charge on any atom is 0.242 e. The van der Waals surface area contributed by atoms with Crippen molar-refractivity contribution in [2.24, 2.45) is 0 Å². The highest BCUT2D eigenvalue weighted by Crippen LogP contribution is 2.28. The number of likely N-dealkylation sites (N-methyl/N-ethyl adjacent to an activating group) is 1. The van der Waals surface area contributed by atoms with Crippen molar-refractivity contribution in [2.75, 3.05) is 13.6 Å². The first-order valence-electron chi connectivity index (χ1n) is 12.1. The summed E-state index contributed by atoms with van der Waals surface area (Å²) in [6.45, 7) is 1.38. The van der Waals surface area contributed by atoms with Gasteiger partial charge in [0.15, 0.2) is 5.82 Å². The number of carbonyl (C=O) groups is 1. The zero-order chi connectivity index (χ0) is 25.5. The Morgan fingerprint density at radius 1 is 1.00 bits per heavy atom. The fourth-order valence-corrected chi connectivity index (χ4v) is 4.14. The van der Waals surface area contributed by atoms with Gasteiger partial charge in [0.2, 0.25) is 5.91 Å². The standard InChI is InChI=1S/C29H28N6O2/c1-34(17-16-22-8-4-2-5-9-22)29(36)20-35-19-24(12-15-28-30-32-33-31-28)26-18-25(13-14-27(26)35)37-21-23-10-6-3-7-11-23/h2-15,18-19H,16-17,20-21H2,1H3,(H,30,31,32,33). The van der Waals surface area contributed by atoms with Crippen LogP contribution in [0.15, 0.2) is 85.1 Å². The normalized spacial score (nSPS) is 11.3. The molecule has 0 aliphatic heterocycles. The third-order valence-electron chi connectivity index (χ3n) is 6.22. The third kappa shape index (κ3) is 6.10. The lowest BCUT2D eigenvalue weighted by atomic mass is 10.1. The fraction of sp³-hybridized carbons (Fsp3) is 0.172. The molecule has 0 saturated heterocycles. The molecule has 5 rings (SSSR count). The van der Waals surface area contributed by atoms with E-state index >= 15 is 0 Å². The molecule has 186 valence electrons. The molecule has 3 aromatic carbocycles. The fourth-order valence-electron chi connectivity index (χ4n) is 4.14. The molecule has 2 heterocycles. The molecule has 1 amide bonds. The van der Waals surface area contributed by atoms with Crippen molar-refractivity contribution >= 4 is 29.0 Å². The van der Waals surface area contributed by atoms with Gasteiger partial charge in [0.1, 0.15) is 18.9 Å². The second-order valence-electron chi connectivity index (χ2n) is 8.84. The van der Waals surface area contributed by atoms with Crippen molar-refractivity contribution in [2.45, 2.75) is 19.6 Å². The lowest BCUT2D eigenvalue weighted by Gasteiger charge is -2.18. The van der Waals surface area contributed by atoms with Crippen LogP contribution in [-0.2, 0) is 24.4 Å². The molecule has 0 unspecified atom stereocenters. The number of aromatic amines is 1. The zero-order valence-electron chi connectivity index (χ0n) is 20.6. The van der Waals surface area contributed by atoms with Crippen LogP contribution in [0.1, 0.15) is 22.5 Å². The molecular weight excluding hydrogens is 464 g/mol. The van der Waals surface area contributed by atoms with Crippen molar-refractivity contribution in [1.82, 2.24) is 30.1 Å². The van der Waals surface area contributed by atoms with Gasteiger partial charge in [-0.1, -0.05) is 60.7 Å². The van der Waals surface area contributed by atoms with Crippen LogP contribution in [0.2, 0.25) is 0 Å². The predicted octanol–water partition coefficient (Wildman–Crippen LogP) is 4.60. The predicted molar refractivity (Wildman–Crippen MR) is 144 cm³/mol. The summed E-state index contributed by atoms with van der Waals surface area (Å²) in [4.78, 5) is 14.9. The minimum atomic E-state index is 0.0483. The number of tetrazole rings is 1. The first kappa shape index (κ1) is 24.0. The summed E-state index contributed by atoms with van der Waals surface area (Å²) in [7, 11) is 1.85. The minimum Gasteiger partial charge on any atom is -0.489 e. The highest BCUT2D eigenvalue weighted by molar-refractivity contribution is 5.93. The molecule has 5 aromatic rings. The van der Waals surface area contributed by atoms with E-state index in [9.17, 15) is 4.79 Å². The largest absolute Gasteiger partial charge is 0.489 e. The van der Waals surface area contributed by atoms with E-state index in [1.165, 1.54) is 5.56 Å². The van der Waals surface area contributed by atoms with Gasteiger partial charge in [0, 0.05) is 36.3 Å². The molecule has 8 heteroatoms. The number of aromatic nitrogens is 5. The number of hydrogen-bond donors (Lipinski definition) is 1. The number of hydrogen-bond acceptors (Lipinski definition) is 5. The third-order valence-corrected chi connectivity index (χ3v) is 6.22. The number of H-pyrrole nitrogens is 1. The van der Waals surface area contributed by atoms with Gasteiger partial charge in [-0.25, -0.2) is 5.10 Å². The Bertz CT molecular complexity index is 1480. The summed E-state index contributed by atoms with van der Waals surface area (Å²) in [6.07, 6.45) is 6.54. The van der Waals surface area contributed by atoms with E-state index in [1.807, 2.05) is 96.7 Å². The van der Waals surface area contributed by atoms with Gasteiger partial charge in [0.25, 0.3) is 0 Å². The Hall–Kier alpha value is -4.72. The Morgan fingerprint density at radius 3 is 2.49 bits per heavy atom. The van der Waals surface area contributed by atoms with Crippen LogP contribution in [0, 0.1) is 0 Å². The van der Waals surface area contributed by atoms with Crippen molar-refractivity contribution < 1.29 is 9.53 Å². The Balaban J connectivity index is 1.36. The molecule has 8 nitrogen and oxygen atoms in total. The average Bonchev–Trinajstić information content (AvgIpc) is 3.58. The van der Waals surface area contributed by atoms with Crippen LogP contribution >= 0.6 is 0 Å². The number of fused-ring (bicyclic) bond motifs is 1. The van der Waals surface area contributed by atoms with Crippen LogP contribution in [0.4, 0.5) is 0 Å². The van der Waals surface area contributed by atoms with E-state index < -0.39 is 0 Å². The minimum absolute atomic E-state index is 0.0483. The number of carbonyl (C=O) groups excluding carboxylic acids is 1. The van der Waals surface area contributed by atoms with E-state index in [2.05, 4.69) is 32.8 Å². The number of ether oxygens (including phenoxy) is 1. The van der Waals surface area contributed by atoms with Gasteiger partial charge >= 0.3 is 0 Å². The maximum atomic E-state index is 13.1. The first-order valence-corrected chi connectivity index (χ1v) is 12.1. The van der Waals surface area contributed by atoms with Crippen LogP contribution in [-0.4, -0.2) is 49.6 Å². The van der Waals surface area contributed by atoms with E-state index in [4.69, 9.17) is 4.74 Å². The monoisotopic (exact) mass is 492 g/mol. The molecule has 0 spiro atoms. The Kier molecular flexibility index (Phi) is 7.36. The SMILES string of the molecule is CN(CCc1ccccc1)C(=O)Cn1cc(C=Cc2nnn[nH]2)c2cc(OCc3ccccc3)ccc21. The maximum absolute atomic E-state index is 13.1. The molecule has 0 aliphatic rings. The quantitative estimate of drug-likeness (QED) is 0.308. The zero-order valence-corrected chi connectivity index (χ0v) is 20.6. The number of rotatable bonds is 10. The van der Waals surface area contributed by atoms with E-state index in [0.29, 0.717) is 19.0 Å². The molecule has 0 bridgehead atoms. The van der Waals surface area contributed by atoms with Crippen molar-refractivity contribution in [3.63, 3.8) is 0 Å². The summed E-state index contributed by atoms with van der Waals surface area (Å²) in [5.74, 6) is 1.36. The summed E-state index contributed by atoms with van der Waals surface area (Å²) >= 11 is 0. The molecule has 37 heavy (non-hydrogen) atoms. The van der Waals surface area contributed by atoms with E-state index in [-0.39, 0.29) is 12.5 Å². The van der Waals surface area contributed by atoms with Crippen molar-refractivity contribution in [1.29, 1.82) is 0 Å². The van der Waals surface area contributed by atoms with Gasteiger partial charge in [0.05, 0.1) is 0 Å². The molecule has 0 fully saturated rings. The van der Waals surface area contributed by atoms with Crippen LogP contribution < -0.4 is 4.74 Å². The van der Waals surface area contributed by atoms with Gasteiger partial charge in [-0.05, 0) is 58.3 Å². The highest BCUT2D eigenvalue weighted by atomic mass is 16.5. The molecule has 0 radical (unpaired) electrons. The van der Waals surface area contributed by atoms with Gasteiger partial charge in [-0.2, -0.15) is 0 Å². The summed E-state index contributed by atoms with van der Waals surface area (Å²) in [6, 6.07) is 26.2. The molecule has 2 aromatic heterocycles. The van der Waals surface area contributed by atoms with E-state index in [1.54, 1.807) is 4.90 Å². The van der Waals surface area contributed by atoms with Crippen LogP contribution in [0.3, 0.4) is 0 Å². The van der Waals surface area contributed by atoms with Crippen molar-refractivity contribution in [3.05, 3.63) is 108 Å². The lowest BCUT2D eigenvalue weighted by Crippen LogP contribution is -2.31. The molecule has 0 aliphatic carbocycles. The molecule has 1 N–H and O–H groups in total. The average molecular weight is 493 g/mol. The highest BCUT2D eigenvalue weighted by Gasteiger charge is 2.14. The van der Waals surface area contributed by atoms with Gasteiger partial charge in [-0.3, -0.25) is 4.79 Å². The number of nitrogens with zero attached hydrogens (tertiary/aromatic N) is 5. The second-order valence-corrected chi connectivity index (χ2v) is 8.84. The van der Waals surface area contributed by atoms with Crippen molar-refractivity contribution in [3.8, 4) is 5.75 Å². The van der Waals surface area contributed by atoms with E-state index in [0.717, 1.165) is 34.2 Å². The molecule has 0 saturated carbocycles. The van der Waals surface area contributed by atoms with Crippen LogP contribution in [0.25, 0.3) is 23.1 Å². The summed E-state index contributed by atoms with van der Waals surface area (Å²) in [5.41, 5.74) is 4.21. The first-order chi connectivity index (χ1) is 18.2. The number of amides is 1. The Morgan fingerprint density at radius 2 is 1.76 bits per heavy atom. The second kappa shape index (κ2) is 11.3. The molecular formula is C29H28N6O2. The summed E-state index contributed by atoms with van der Waals surface area (Å²) in [5, 5.41) is 14.9. The van der Waals surface area contributed by atoms with Crippen LogP contribution in [0.5, 0.6) is 5.75 Å². The van der Waals surface area contributed by atoms with Gasteiger partial charge in [-0.15, -0.1) is 5.10 Å². The summed E-state index contributed by atoms with van der Waals surface area (Å²) < 4.78 is 8.04. The lowest BCUT2D eigenvalue weighted by molar-refractivity contribution is -0.130. The molecule has 0 atom stereocenters. The Labute approximate surface area is 215 Å². The van der Waals surface area contributed by atoms with Gasteiger partial charge < -0.3 is 14.2 Å². The number of nitrogens with one attached hydrogen (secondary N) is 1. The topological polar surface area (TPSA) is 88.9 Å². The number of benzene rings is 3. The smallest absolute Gasteiger partial charge is 0.242 e.